The molecule has 5 heteroatoms. The number of nitrogens with zero attached hydrogens (tertiary/aromatic N) is 4. The molecule has 0 amide bonds. The molecule has 2 fully saturated rings. The van der Waals surface area contributed by atoms with E-state index < -0.39 is 0 Å². The van der Waals surface area contributed by atoms with Crippen LogP contribution in [0.2, 0.25) is 0 Å². The molecule has 5 rings (SSSR count). The Hall–Kier alpha value is -2.60. The minimum atomic E-state index is 0.215. The molecule has 3 aromatic rings. The average molecular weight is 415 g/mol. The first-order valence-corrected chi connectivity index (χ1v) is 11.3. The number of aromatic nitrogens is 2. The molecule has 1 N–H and O–H groups in total. The number of aliphatic hydroxyl groups excluding tert-OH is 1. The van der Waals surface area contributed by atoms with E-state index in [1.165, 1.54) is 29.5 Å². The Morgan fingerprint density at radius 1 is 0.871 bits per heavy atom. The summed E-state index contributed by atoms with van der Waals surface area (Å²) < 4.78 is 0. The maximum atomic E-state index is 10.2. The fourth-order valence-corrected chi connectivity index (χ4v) is 5.35. The third-order valence-electron chi connectivity index (χ3n) is 6.88. The lowest BCUT2D eigenvalue weighted by atomic mass is 9.74. The summed E-state index contributed by atoms with van der Waals surface area (Å²) in [6.45, 7) is 4.29. The van der Waals surface area contributed by atoms with E-state index in [-0.39, 0.29) is 12.6 Å². The van der Waals surface area contributed by atoms with Gasteiger partial charge in [0, 0.05) is 49.0 Å². The van der Waals surface area contributed by atoms with Gasteiger partial charge in [-0.25, -0.2) is 9.97 Å². The zero-order chi connectivity index (χ0) is 21.0. The molecule has 0 aliphatic carbocycles. The summed E-state index contributed by atoms with van der Waals surface area (Å²) in [7, 11) is 0. The third-order valence-corrected chi connectivity index (χ3v) is 6.88. The first-order chi connectivity index (χ1) is 15.3. The number of benzene rings is 2. The molecule has 0 spiro atoms. The van der Waals surface area contributed by atoms with Crippen molar-refractivity contribution in [3.63, 3.8) is 0 Å². The van der Waals surface area contributed by atoms with Gasteiger partial charge in [-0.2, -0.15) is 0 Å². The second kappa shape index (κ2) is 9.27. The number of aliphatic hydroxyl groups is 1. The van der Waals surface area contributed by atoms with Gasteiger partial charge < -0.3 is 5.11 Å². The van der Waals surface area contributed by atoms with E-state index in [9.17, 15) is 5.11 Å². The van der Waals surface area contributed by atoms with Crippen LogP contribution in [0.25, 0.3) is 11.1 Å². The van der Waals surface area contributed by atoms with Crippen LogP contribution in [0.5, 0.6) is 0 Å². The normalized spacial score (nSPS) is 24.6. The van der Waals surface area contributed by atoms with Gasteiger partial charge in [0.25, 0.3) is 0 Å². The highest BCUT2D eigenvalue weighted by Gasteiger charge is 2.48. The zero-order valence-corrected chi connectivity index (χ0v) is 17.8. The van der Waals surface area contributed by atoms with E-state index >= 15 is 0 Å². The summed E-state index contributed by atoms with van der Waals surface area (Å²) >= 11 is 0. The lowest BCUT2D eigenvalue weighted by molar-refractivity contribution is -0.0655. The van der Waals surface area contributed by atoms with Gasteiger partial charge in [0.2, 0.25) is 0 Å². The molecule has 1 aromatic heterocycles. The van der Waals surface area contributed by atoms with Crippen LogP contribution in [-0.2, 0) is 6.54 Å². The monoisotopic (exact) mass is 414 g/mol. The van der Waals surface area contributed by atoms with Crippen LogP contribution in [0.15, 0.2) is 73.3 Å². The Labute approximate surface area is 184 Å². The Morgan fingerprint density at radius 3 is 2.32 bits per heavy atom. The summed E-state index contributed by atoms with van der Waals surface area (Å²) in [5.74, 6) is 0.363. The fourth-order valence-electron chi connectivity index (χ4n) is 5.35. The van der Waals surface area contributed by atoms with E-state index in [2.05, 4.69) is 74.4 Å². The van der Waals surface area contributed by atoms with Crippen molar-refractivity contribution in [2.45, 2.75) is 37.4 Å². The molecule has 2 aromatic carbocycles. The summed E-state index contributed by atoms with van der Waals surface area (Å²) in [6.07, 6.45) is 7.78. The predicted molar refractivity (Wildman–Crippen MR) is 123 cm³/mol. The lowest BCUT2D eigenvalue weighted by Crippen LogP contribution is -2.67. The number of fused-ring (bicyclic) bond motifs is 1. The van der Waals surface area contributed by atoms with Gasteiger partial charge in [-0.05, 0) is 42.6 Å². The molecule has 31 heavy (non-hydrogen) atoms. The number of hydrogen-bond acceptors (Lipinski definition) is 5. The first-order valence-electron chi connectivity index (χ1n) is 11.3. The third kappa shape index (κ3) is 4.26. The minimum Gasteiger partial charge on any atom is -0.395 e. The molecule has 0 bridgehead atoms. The lowest BCUT2D eigenvalue weighted by Gasteiger charge is -2.57. The molecule has 0 saturated carbocycles. The van der Waals surface area contributed by atoms with E-state index in [0.29, 0.717) is 12.0 Å². The van der Waals surface area contributed by atoms with Crippen molar-refractivity contribution in [1.29, 1.82) is 0 Å². The summed E-state index contributed by atoms with van der Waals surface area (Å²) in [5, 5.41) is 10.2. The van der Waals surface area contributed by atoms with Crippen molar-refractivity contribution in [3.8, 4) is 11.1 Å². The molecular formula is C26H30N4O. The van der Waals surface area contributed by atoms with Crippen molar-refractivity contribution >= 4 is 0 Å². The van der Waals surface area contributed by atoms with Crippen LogP contribution < -0.4 is 0 Å². The second-order valence-electron chi connectivity index (χ2n) is 8.76. The smallest absolute Gasteiger partial charge is 0.115 e. The summed E-state index contributed by atoms with van der Waals surface area (Å²) in [4.78, 5) is 13.4. The van der Waals surface area contributed by atoms with Gasteiger partial charge in [-0.3, -0.25) is 9.80 Å². The van der Waals surface area contributed by atoms with Crippen molar-refractivity contribution in [2.24, 2.45) is 0 Å². The van der Waals surface area contributed by atoms with Gasteiger partial charge in [0.1, 0.15) is 6.33 Å². The Kier molecular flexibility index (Phi) is 6.07. The van der Waals surface area contributed by atoms with Gasteiger partial charge >= 0.3 is 0 Å². The molecule has 0 unspecified atom stereocenters. The highest BCUT2D eigenvalue weighted by molar-refractivity contribution is 5.63. The maximum Gasteiger partial charge on any atom is 0.115 e. The minimum absolute atomic E-state index is 0.215. The molecule has 160 valence electrons. The van der Waals surface area contributed by atoms with Crippen molar-refractivity contribution in [3.05, 3.63) is 84.4 Å². The summed E-state index contributed by atoms with van der Waals surface area (Å²) in [6, 6.07) is 20.1. The SMILES string of the molecule is OC[C@H]1[C@@H](c2ccc(-c3ccccc3)cc2)[C@H]2CN(Cc3cncnc3)CCCCN21. The van der Waals surface area contributed by atoms with Crippen LogP contribution in [-0.4, -0.2) is 63.2 Å². The highest BCUT2D eigenvalue weighted by atomic mass is 16.3. The van der Waals surface area contributed by atoms with Gasteiger partial charge in [0.05, 0.1) is 6.61 Å². The topological polar surface area (TPSA) is 52.5 Å². The number of hydrogen-bond donors (Lipinski definition) is 1. The number of rotatable bonds is 5. The van der Waals surface area contributed by atoms with Gasteiger partial charge in [-0.15, -0.1) is 0 Å². The Bertz CT molecular complexity index is 964. The Morgan fingerprint density at radius 2 is 1.58 bits per heavy atom. The molecule has 2 aliphatic rings. The van der Waals surface area contributed by atoms with Crippen molar-refractivity contribution in [2.75, 3.05) is 26.2 Å². The van der Waals surface area contributed by atoms with E-state index in [4.69, 9.17) is 0 Å². The average Bonchev–Trinajstić information content (AvgIpc) is 2.81. The molecule has 2 saturated heterocycles. The molecule has 3 atom stereocenters. The van der Waals surface area contributed by atoms with E-state index in [0.717, 1.165) is 31.7 Å². The Balaban J connectivity index is 1.36. The van der Waals surface area contributed by atoms with Crippen LogP contribution in [0.1, 0.15) is 29.9 Å². The largest absolute Gasteiger partial charge is 0.395 e. The quantitative estimate of drug-likeness (QED) is 0.692. The van der Waals surface area contributed by atoms with E-state index in [1.807, 2.05) is 12.4 Å². The molecule has 0 radical (unpaired) electrons. The molecule has 3 heterocycles. The van der Waals surface area contributed by atoms with Crippen LogP contribution >= 0.6 is 0 Å². The predicted octanol–water partition coefficient (Wildman–Crippen LogP) is 3.57. The molecule has 2 aliphatic heterocycles. The zero-order valence-electron chi connectivity index (χ0n) is 17.8. The standard InChI is InChI=1S/C26H30N4O/c31-18-25-26(23-10-8-22(9-11-23)21-6-2-1-3-7-21)24-17-29(12-4-5-13-30(24)25)16-20-14-27-19-28-15-20/h1-3,6-11,14-15,19,24-26,31H,4-5,12-13,16-18H2/t24-,25+,26+/m1/s1. The van der Waals surface area contributed by atoms with Gasteiger partial charge in [-0.1, -0.05) is 54.6 Å². The van der Waals surface area contributed by atoms with Crippen LogP contribution in [0.4, 0.5) is 0 Å². The van der Waals surface area contributed by atoms with Crippen LogP contribution in [0.3, 0.4) is 0 Å². The highest BCUT2D eigenvalue weighted by Crippen LogP contribution is 2.42. The van der Waals surface area contributed by atoms with Gasteiger partial charge in [0.15, 0.2) is 0 Å². The maximum absolute atomic E-state index is 10.2. The van der Waals surface area contributed by atoms with Crippen molar-refractivity contribution < 1.29 is 5.11 Å². The van der Waals surface area contributed by atoms with Crippen molar-refractivity contribution in [1.82, 2.24) is 19.8 Å². The second-order valence-corrected chi connectivity index (χ2v) is 8.76. The first kappa shape index (κ1) is 20.3. The van der Waals surface area contributed by atoms with Crippen LogP contribution in [0, 0.1) is 0 Å². The van der Waals surface area contributed by atoms with E-state index in [1.54, 1.807) is 6.33 Å². The molecule has 5 nitrogen and oxygen atoms in total. The molecular weight excluding hydrogens is 384 g/mol. The fraction of sp³-hybridized carbons (Fsp3) is 0.385. The summed E-state index contributed by atoms with van der Waals surface area (Å²) in [5.41, 5.74) is 4.98.